The topological polar surface area (TPSA) is 69.7 Å². The van der Waals surface area contributed by atoms with Gasteiger partial charge in [0.05, 0.1) is 0 Å². The summed E-state index contributed by atoms with van der Waals surface area (Å²) in [6.45, 7) is 2.14. The van der Waals surface area contributed by atoms with E-state index in [1.54, 1.807) is 0 Å². The Bertz CT molecular complexity index is 593. The highest BCUT2D eigenvalue weighted by molar-refractivity contribution is 5.94. The molecule has 1 aromatic carbocycles. The maximum atomic E-state index is 12.2. The number of esters is 2. The largest absolute Gasteiger partial charge is 0.453 e. The van der Waals surface area contributed by atoms with Crippen molar-refractivity contribution < 1.29 is 37.0 Å². The maximum absolute atomic E-state index is 12.2. The van der Waals surface area contributed by atoms with Crippen molar-refractivity contribution in [2.45, 2.75) is 45.4 Å². The van der Waals surface area contributed by atoms with E-state index in [0.717, 1.165) is 6.92 Å². The molecule has 0 aliphatic rings. The van der Waals surface area contributed by atoms with Gasteiger partial charge in [-0.1, -0.05) is 0 Å². The fourth-order valence-corrected chi connectivity index (χ4v) is 1.64. The maximum Gasteiger partial charge on any atom is 0.425 e. The highest BCUT2D eigenvalue weighted by Crippen LogP contribution is 2.23. The normalized spacial score (nSPS) is 12.4. The first-order valence-corrected chi connectivity index (χ1v) is 7.17. The number of Topliss-reactive ketones (excluding diaryl/α,β-unsaturated/α-hetero) is 1. The van der Waals surface area contributed by atoms with E-state index in [9.17, 15) is 27.6 Å². The van der Waals surface area contributed by atoms with Crippen molar-refractivity contribution in [2.24, 2.45) is 0 Å². The van der Waals surface area contributed by atoms with Gasteiger partial charge in [0, 0.05) is 18.4 Å². The van der Waals surface area contributed by atoms with Gasteiger partial charge in [-0.05, 0) is 44.5 Å². The first-order chi connectivity index (χ1) is 11.1. The fourth-order valence-electron chi connectivity index (χ4n) is 1.64. The quantitative estimate of drug-likeness (QED) is 0.430. The van der Waals surface area contributed by atoms with E-state index >= 15 is 0 Å². The summed E-state index contributed by atoms with van der Waals surface area (Å²) in [7, 11) is 0. The number of ether oxygens (including phenoxy) is 2. The Balaban J connectivity index is 2.33. The number of hydrogen-bond acceptors (Lipinski definition) is 5. The fraction of sp³-hybridized carbons (Fsp3) is 0.438. The predicted molar refractivity (Wildman–Crippen MR) is 77.5 cm³/mol. The van der Waals surface area contributed by atoms with Crippen molar-refractivity contribution in [2.75, 3.05) is 0 Å². The number of hydrogen-bond donors (Lipinski definition) is 0. The third-order valence-corrected chi connectivity index (χ3v) is 3.02. The Kier molecular flexibility index (Phi) is 6.94. The summed E-state index contributed by atoms with van der Waals surface area (Å²) in [5.41, 5.74) is 0.469. The Labute approximate surface area is 136 Å². The van der Waals surface area contributed by atoms with Crippen LogP contribution in [0, 0.1) is 0 Å². The van der Waals surface area contributed by atoms with Crippen molar-refractivity contribution in [3.05, 3.63) is 29.8 Å². The van der Waals surface area contributed by atoms with Gasteiger partial charge < -0.3 is 9.47 Å². The van der Waals surface area contributed by atoms with E-state index in [1.165, 1.54) is 31.2 Å². The van der Waals surface area contributed by atoms with Crippen molar-refractivity contribution >= 4 is 17.7 Å². The summed E-state index contributed by atoms with van der Waals surface area (Å²) >= 11 is 0. The molecule has 0 aliphatic carbocycles. The van der Waals surface area contributed by atoms with E-state index in [0.29, 0.717) is 5.56 Å². The lowest BCUT2D eigenvalue weighted by atomic mass is 10.1. The number of benzene rings is 1. The molecule has 1 atom stereocenters. The minimum absolute atomic E-state index is 0.00771. The number of alkyl halides is 3. The molecule has 1 unspecified atom stereocenters. The second-order valence-electron chi connectivity index (χ2n) is 5.08. The van der Waals surface area contributed by atoms with Gasteiger partial charge in [-0.25, -0.2) is 0 Å². The van der Waals surface area contributed by atoms with Crippen LogP contribution in [-0.2, 0) is 14.3 Å². The predicted octanol–water partition coefficient (Wildman–Crippen LogP) is 3.46. The van der Waals surface area contributed by atoms with Crippen molar-refractivity contribution in [1.82, 2.24) is 0 Å². The standard InChI is InChI=1S/C16H17F3O5/c1-10(20)12-6-8-13(9-7-12)24-15(22)5-3-4-14(21)23-11(2)16(17,18)19/h6-9,11H,3-5H2,1-2H3. The second kappa shape index (κ2) is 8.47. The molecule has 0 spiro atoms. The Morgan fingerprint density at radius 2 is 1.58 bits per heavy atom. The molecule has 0 saturated carbocycles. The summed E-state index contributed by atoms with van der Waals surface area (Å²) in [6, 6.07) is 5.91. The highest BCUT2D eigenvalue weighted by Gasteiger charge is 2.38. The Morgan fingerprint density at radius 3 is 2.08 bits per heavy atom. The third-order valence-electron chi connectivity index (χ3n) is 3.02. The molecule has 132 valence electrons. The molecule has 1 rings (SSSR count). The van der Waals surface area contributed by atoms with Crippen LogP contribution in [0.3, 0.4) is 0 Å². The Hall–Kier alpha value is -2.38. The van der Waals surface area contributed by atoms with Crippen molar-refractivity contribution in [1.29, 1.82) is 0 Å². The van der Waals surface area contributed by atoms with Gasteiger partial charge in [0.25, 0.3) is 0 Å². The van der Waals surface area contributed by atoms with Crippen molar-refractivity contribution in [3.63, 3.8) is 0 Å². The van der Waals surface area contributed by atoms with Crippen LogP contribution in [0.4, 0.5) is 13.2 Å². The van der Waals surface area contributed by atoms with Crippen LogP contribution in [0.15, 0.2) is 24.3 Å². The summed E-state index contributed by atoms with van der Waals surface area (Å²) < 4.78 is 45.8. The first kappa shape index (κ1) is 19.7. The molecule has 5 nitrogen and oxygen atoms in total. The lowest BCUT2D eigenvalue weighted by Crippen LogP contribution is -2.30. The smallest absolute Gasteiger partial charge is 0.425 e. The van der Waals surface area contributed by atoms with E-state index in [1.807, 2.05) is 0 Å². The van der Waals surface area contributed by atoms with Gasteiger partial charge in [0.2, 0.25) is 0 Å². The van der Waals surface area contributed by atoms with E-state index in [4.69, 9.17) is 4.74 Å². The molecule has 0 radical (unpaired) electrons. The SMILES string of the molecule is CC(=O)c1ccc(OC(=O)CCCC(=O)OC(C)C(F)(F)F)cc1. The van der Waals surface area contributed by atoms with Crippen LogP contribution < -0.4 is 4.74 Å². The lowest BCUT2D eigenvalue weighted by molar-refractivity contribution is -0.216. The zero-order chi connectivity index (χ0) is 18.3. The molecule has 0 aromatic heterocycles. The molecule has 0 saturated heterocycles. The van der Waals surface area contributed by atoms with Crippen LogP contribution in [0.25, 0.3) is 0 Å². The molecular formula is C16H17F3O5. The average molecular weight is 346 g/mol. The average Bonchev–Trinajstić information content (AvgIpc) is 2.46. The van der Waals surface area contributed by atoms with Crippen LogP contribution in [-0.4, -0.2) is 30.0 Å². The summed E-state index contributed by atoms with van der Waals surface area (Å²) in [4.78, 5) is 33.9. The van der Waals surface area contributed by atoms with E-state index in [-0.39, 0.29) is 30.8 Å². The Morgan fingerprint density at radius 1 is 1.04 bits per heavy atom. The molecule has 0 N–H and O–H groups in total. The zero-order valence-electron chi connectivity index (χ0n) is 13.2. The minimum Gasteiger partial charge on any atom is -0.453 e. The molecule has 0 heterocycles. The first-order valence-electron chi connectivity index (χ1n) is 7.17. The zero-order valence-corrected chi connectivity index (χ0v) is 13.2. The molecule has 24 heavy (non-hydrogen) atoms. The lowest BCUT2D eigenvalue weighted by Gasteiger charge is -2.16. The summed E-state index contributed by atoms with van der Waals surface area (Å²) in [6.07, 6.45) is -7.26. The molecule has 0 bridgehead atoms. The van der Waals surface area contributed by atoms with Crippen LogP contribution >= 0.6 is 0 Å². The summed E-state index contributed by atoms with van der Waals surface area (Å²) in [5.74, 6) is -1.56. The third kappa shape index (κ3) is 6.80. The molecule has 0 aliphatic heterocycles. The van der Waals surface area contributed by atoms with Gasteiger partial charge in [-0.15, -0.1) is 0 Å². The minimum atomic E-state index is -4.61. The molecule has 8 heteroatoms. The van der Waals surface area contributed by atoms with Crippen LogP contribution in [0.1, 0.15) is 43.5 Å². The number of halogens is 3. The molecular weight excluding hydrogens is 329 g/mol. The molecule has 1 aromatic rings. The number of carbonyl (C=O) groups excluding carboxylic acids is 3. The monoisotopic (exact) mass is 346 g/mol. The molecule has 0 fully saturated rings. The van der Waals surface area contributed by atoms with Crippen LogP contribution in [0.2, 0.25) is 0 Å². The van der Waals surface area contributed by atoms with Crippen LogP contribution in [0.5, 0.6) is 5.75 Å². The van der Waals surface area contributed by atoms with Gasteiger partial charge >= 0.3 is 18.1 Å². The molecule has 0 amide bonds. The number of rotatable bonds is 7. The van der Waals surface area contributed by atoms with E-state index in [2.05, 4.69) is 4.74 Å². The van der Waals surface area contributed by atoms with Crippen molar-refractivity contribution in [3.8, 4) is 5.75 Å². The van der Waals surface area contributed by atoms with Gasteiger partial charge in [0.1, 0.15) is 5.75 Å². The van der Waals surface area contributed by atoms with Gasteiger partial charge in [-0.2, -0.15) is 13.2 Å². The van der Waals surface area contributed by atoms with Gasteiger partial charge in [-0.3, -0.25) is 14.4 Å². The number of ketones is 1. The van der Waals surface area contributed by atoms with E-state index < -0.39 is 24.2 Å². The highest BCUT2D eigenvalue weighted by atomic mass is 19.4. The van der Waals surface area contributed by atoms with Gasteiger partial charge in [0.15, 0.2) is 11.9 Å². The number of carbonyl (C=O) groups is 3. The summed E-state index contributed by atoms with van der Waals surface area (Å²) in [5, 5.41) is 0. The second-order valence-corrected chi connectivity index (χ2v) is 5.08.